The highest BCUT2D eigenvalue weighted by molar-refractivity contribution is 5.80. The summed E-state index contributed by atoms with van der Waals surface area (Å²) >= 11 is 0. The van der Waals surface area contributed by atoms with E-state index in [1.54, 1.807) is 12.1 Å². The molecule has 0 aliphatic carbocycles. The van der Waals surface area contributed by atoms with E-state index >= 15 is 0 Å². The number of nitrogens with zero attached hydrogens (tertiary/aromatic N) is 1. The largest absolute Gasteiger partial charge is 0.504 e. The van der Waals surface area contributed by atoms with Gasteiger partial charge in [-0.2, -0.15) is 0 Å². The summed E-state index contributed by atoms with van der Waals surface area (Å²) in [6.07, 6.45) is 1.05. The molecule has 0 heterocycles. The predicted molar refractivity (Wildman–Crippen MR) is 120 cm³/mol. The van der Waals surface area contributed by atoms with Crippen molar-refractivity contribution in [2.24, 2.45) is 4.99 Å². The van der Waals surface area contributed by atoms with Crippen LogP contribution in [0.1, 0.15) is 59.9 Å². The molecule has 0 bridgehead atoms. The third-order valence-corrected chi connectivity index (χ3v) is 4.72. The molecule has 1 aromatic rings. The van der Waals surface area contributed by atoms with Crippen molar-refractivity contribution in [1.82, 2.24) is 16.0 Å². The third-order valence-electron chi connectivity index (χ3n) is 4.72. The molecule has 8 heteroatoms. The van der Waals surface area contributed by atoms with Crippen molar-refractivity contribution >= 4 is 12.1 Å². The summed E-state index contributed by atoms with van der Waals surface area (Å²) in [5, 5.41) is 19.5. The lowest BCUT2D eigenvalue weighted by Gasteiger charge is -2.34. The van der Waals surface area contributed by atoms with Gasteiger partial charge in [0.15, 0.2) is 17.5 Å². The van der Waals surface area contributed by atoms with Crippen LogP contribution in [-0.4, -0.2) is 48.5 Å². The molecule has 170 valence electrons. The first-order chi connectivity index (χ1) is 14.1. The Labute approximate surface area is 180 Å². The number of benzene rings is 1. The zero-order valence-electron chi connectivity index (χ0n) is 19.4. The molecule has 0 atom stereocenters. The fourth-order valence-corrected chi connectivity index (χ4v) is 2.84. The monoisotopic (exact) mass is 422 g/mol. The van der Waals surface area contributed by atoms with Crippen molar-refractivity contribution in [3.8, 4) is 11.5 Å². The molecule has 8 nitrogen and oxygen atoms in total. The van der Waals surface area contributed by atoms with Gasteiger partial charge in [0.2, 0.25) is 0 Å². The molecule has 0 unspecified atom stereocenters. The van der Waals surface area contributed by atoms with E-state index < -0.39 is 17.2 Å². The molecule has 1 aromatic carbocycles. The average Bonchev–Trinajstić information content (AvgIpc) is 2.67. The van der Waals surface area contributed by atoms with Gasteiger partial charge >= 0.3 is 6.09 Å². The molecule has 1 amide bonds. The Morgan fingerprint density at radius 3 is 2.30 bits per heavy atom. The second-order valence-corrected chi connectivity index (χ2v) is 8.17. The van der Waals surface area contributed by atoms with Crippen molar-refractivity contribution in [2.45, 2.75) is 72.1 Å². The Morgan fingerprint density at radius 2 is 1.80 bits per heavy atom. The molecule has 0 spiro atoms. The Bertz CT molecular complexity index is 710. The molecule has 4 N–H and O–H groups in total. The summed E-state index contributed by atoms with van der Waals surface area (Å²) in [5.74, 6) is 1.14. The first-order valence-corrected chi connectivity index (χ1v) is 10.5. The number of hydrogen-bond donors (Lipinski definition) is 4. The lowest BCUT2D eigenvalue weighted by Crippen LogP contribution is -2.57. The van der Waals surface area contributed by atoms with Gasteiger partial charge < -0.3 is 30.5 Å². The van der Waals surface area contributed by atoms with Crippen LogP contribution in [0.3, 0.4) is 0 Å². The fourth-order valence-electron chi connectivity index (χ4n) is 2.84. The number of ether oxygens (including phenoxy) is 2. The SMILES string of the molecule is CCNC(=NCc1ccc(OC)c(O)c1)NCC(CC)(CC)NC(=O)OC(C)(C)C. The minimum Gasteiger partial charge on any atom is -0.504 e. The number of aliphatic imine (C=N–C) groups is 1. The number of amides is 1. The van der Waals surface area contributed by atoms with Crippen molar-refractivity contribution in [3.63, 3.8) is 0 Å². The first-order valence-electron chi connectivity index (χ1n) is 10.5. The van der Waals surface area contributed by atoms with Crippen molar-refractivity contribution in [3.05, 3.63) is 23.8 Å². The molecule has 0 saturated heterocycles. The standard InChI is InChI=1S/C22H38N4O4/c1-8-22(9-2,26-20(28)30-21(4,5)6)15-25-19(23-10-3)24-14-16-11-12-18(29-7)17(27)13-16/h11-13,27H,8-10,14-15H2,1-7H3,(H,26,28)(H2,23,24,25). The second-order valence-electron chi connectivity index (χ2n) is 8.17. The summed E-state index contributed by atoms with van der Waals surface area (Å²) in [5.41, 5.74) is -0.156. The van der Waals surface area contributed by atoms with Crippen LogP contribution < -0.4 is 20.7 Å². The van der Waals surface area contributed by atoms with E-state index in [-0.39, 0.29) is 5.75 Å². The molecular weight excluding hydrogens is 384 g/mol. The summed E-state index contributed by atoms with van der Waals surface area (Å²) in [6, 6.07) is 5.21. The highest BCUT2D eigenvalue weighted by Crippen LogP contribution is 2.26. The summed E-state index contributed by atoms with van der Waals surface area (Å²) in [4.78, 5) is 16.9. The van der Waals surface area contributed by atoms with Gasteiger partial charge in [0.1, 0.15) is 5.60 Å². The number of carbonyl (C=O) groups is 1. The molecule has 0 aliphatic heterocycles. The van der Waals surface area contributed by atoms with Crippen LogP contribution in [-0.2, 0) is 11.3 Å². The zero-order valence-corrected chi connectivity index (χ0v) is 19.4. The molecule has 0 aromatic heterocycles. The van der Waals surface area contributed by atoms with Gasteiger partial charge in [0, 0.05) is 13.1 Å². The van der Waals surface area contributed by atoms with Gasteiger partial charge in [0.05, 0.1) is 19.2 Å². The van der Waals surface area contributed by atoms with E-state index in [2.05, 4.69) is 20.9 Å². The Hall–Kier alpha value is -2.64. The van der Waals surface area contributed by atoms with E-state index in [1.807, 2.05) is 47.6 Å². The van der Waals surface area contributed by atoms with Gasteiger partial charge in [-0.1, -0.05) is 19.9 Å². The van der Waals surface area contributed by atoms with Crippen molar-refractivity contribution < 1.29 is 19.4 Å². The van der Waals surface area contributed by atoms with Crippen LogP contribution in [0.2, 0.25) is 0 Å². The van der Waals surface area contributed by atoms with E-state index in [9.17, 15) is 9.90 Å². The number of rotatable bonds is 9. The molecule has 1 rings (SSSR count). The number of hydrogen-bond acceptors (Lipinski definition) is 5. The zero-order chi connectivity index (χ0) is 22.8. The van der Waals surface area contributed by atoms with E-state index in [4.69, 9.17) is 9.47 Å². The van der Waals surface area contributed by atoms with Gasteiger partial charge in [-0.3, -0.25) is 0 Å². The van der Waals surface area contributed by atoms with Crippen LogP contribution >= 0.6 is 0 Å². The molecular formula is C22H38N4O4. The number of methoxy groups -OCH3 is 1. The number of guanidine groups is 1. The smallest absolute Gasteiger partial charge is 0.408 e. The van der Waals surface area contributed by atoms with Crippen LogP contribution in [0.25, 0.3) is 0 Å². The number of phenolic OH excluding ortho intramolecular Hbond substituents is 1. The second kappa shape index (κ2) is 11.5. The molecule has 0 fully saturated rings. The number of alkyl carbamates (subject to hydrolysis) is 1. The number of aromatic hydroxyl groups is 1. The van der Waals surface area contributed by atoms with Gasteiger partial charge in [0.25, 0.3) is 0 Å². The highest BCUT2D eigenvalue weighted by Gasteiger charge is 2.30. The Kier molecular flexibility index (Phi) is 9.75. The molecule has 0 aliphatic rings. The van der Waals surface area contributed by atoms with E-state index in [0.717, 1.165) is 18.4 Å². The normalized spacial score (nSPS) is 12.3. The topological polar surface area (TPSA) is 104 Å². The van der Waals surface area contributed by atoms with Crippen LogP contribution in [0.5, 0.6) is 11.5 Å². The van der Waals surface area contributed by atoms with Crippen LogP contribution in [0.15, 0.2) is 23.2 Å². The van der Waals surface area contributed by atoms with Gasteiger partial charge in [-0.15, -0.1) is 0 Å². The third kappa shape index (κ3) is 8.39. The maximum Gasteiger partial charge on any atom is 0.408 e. The number of carbonyl (C=O) groups excluding carboxylic acids is 1. The number of nitrogens with one attached hydrogen (secondary N) is 3. The first kappa shape index (κ1) is 25.4. The van der Waals surface area contributed by atoms with Gasteiger partial charge in [-0.05, 0) is 58.2 Å². The average molecular weight is 423 g/mol. The van der Waals surface area contributed by atoms with Crippen LogP contribution in [0.4, 0.5) is 4.79 Å². The number of phenols is 1. The Morgan fingerprint density at radius 1 is 1.13 bits per heavy atom. The molecule has 30 heavy (non-hydrogen) atoms. The summed E-state index contributed by atoms with van der Waals surface area (Å²) in [6.45, 7) is 13.2. The van der Waals surface area contributed by atoms with E-state index in [1.165, 1.54) is 7.11 Å². The van der Waals surface area contributed by atoms with Crippen LogP contribution in [0, 0.1) is 0 Å². The predicted octanol–water partition coefficient (Wildman–Crippen LogP) is 3.54. The minimum atomic E-state index is -0.551. The van der Waals surface area contributed by atoms with Crippen molar-refractivity contribution in [1.29, 1.82) is 0 Å². The summed E-state index contributed by atoms with van der Waals surface area (Å²) in [7, 11) is 1.51. The lowest BCUT2D eigenvalue weighted by molar-refractivity contribution is 0.0448. The van der Waals surface area contributed by atoms with E-state index in [0.29, 0.717) is 31.3 Å². The maximum absolute atomic E-state index is 12.3. The van der Waals surface area contributed by atoms with Crippen molar-refractivity contribution in [2.75, 3.05) is 20.2 Å². The summed E-state index contributed by atoms with van der Waals surface area (Å²) < 4.78 is 10.5. The molecule has 0 radical (unpaired) electrons. The minimum absolute atomic E-state index is 0.0840. The lowest BCUT2D eigenvalue weighted by atomic mass is 9.93. The molecule has 0 saturated carbocycles. The quantitative estimate of drug-likeness (QED) is 0.358. The maximum atomic E-state index is 12.3. The highest BCUT2D eigenvalue weighted by atomic mass is 16.6. The Balaban J connectivity index is 2.85. The van der Waals surface area contributed by atoms with Gasteiger partial charge in [-0.25, -0.2) is 9.79 Å². The fraction of sp³-hybridized carbons (Fsp3) is 0.636.